The van der Waals surface area contributed by atoms with Crippen molar-refractivity contribution in [1.82, 2.24) is 15.1 Å². The lowest BCUT2D eigenvalue weighted by atomic mass is 9.93. The number of aliphatic carboxylic acids is 1. The quantitative estimate of drug-likeness (QED) is 0.491. The van der Waals surface area contributed by atoms with Gasteiger partial charge in [-0.05, 0) is 41.5 Å². The Bertz CT molecular complexity index is 1260. The number of benzene rings is 2. The molecule has 1 fully saturated rings. The minimum absolute atomic E-state index is 0.0715. The van der Waals surface area contributed by atoms with Crippen LogP contribution in [0.5, 0.6) is 0 Å². The molecule has 5 rings (SSSR count). The number of hydrogen-bond acceptors (Lipinski definition) is 5. The Kier molecular flexibility index (Phi) is 5.76. The second kappa shape index (κ2) is 8.90. The maximum Gasteiger partial charge on any atom is 0.412 e. The van der Waals surface area contributed by atoms with E-state index in [1.165, 1.54) is 11.0 Å². The summed E-state index contributed by atoms with van der Waals surface area (Å²) in [5, 5.41) is 18.9. The van der Waals surface area contributed by atoms with E-state index in [2.05, 4.69) is 27.6 Å². The Morgan fingerprint density at radius 2 is 1.80 bits per heavy atom. The molecule has 2 aromatic carbocycles. The molecule has 0 saturated carbocycles. The van der Waals surface area contributed by atoms with Gasteiger partial charge in [-0.25, -0.2) is 9.59 Å². The van der Waals surface area contributed by atoms with Crippen molar-refractivity contribution in [3.05, 3.63) is 71.4 Å². The van der Waals surface area contributed by atoms with Gasteiger partial charge in [-0.3, -0.25) is 15.2 Å². The Morgan fingerprint density at radius 3 is 2.43 bits per heavy atom. The monoisotopic (exact) mass is 474 g/mol. The van der Waals surface area contributed by atoms with Crippen molar-refractivity contribution in [2.75, 3.05) is 18.5 Å². The van der Waals surface area contributed by atoms with Gasteiger partial charge in [0.15, 0.2) is 5.82 Å². The SMILES string of the molecule is CCC1(C(=O)O)CCCN1C(=O)c1cc(NC(=O)OCC2c3ccccc3-c3ccccc32)n[nH]1. The number of nitrogens with one attached hydrogen (secondary N) is 2. The zero-order chi connectivity index (χ0) is 24.6. The van der Waals surface area contributed by atoms with Gasteiger partial charge in [0.05, 0.1) is 0 Å². The molecular weight excluding hydrogens is 448 g/mol. The maximum atomic E-state index is 13.0. The fraction of sp³-hybridized carbons (Fsp3) is 0.308. The van der Waals surface area contributed by atoms with E-state index in [1.807, 2.05) is 36.4 Å². The molecule has 1 saturated heterocycles. The lowest BCUT2D eigenvalue weighted by Gasteiger charge is -2.33. The van der Waals surface area contributed by atoms with E-state index >= 15 is 0 Å². The van der Waals surface area contributed by atoms with Crippen molar-refractivity contribution in [3.63, 3.8) is 0 Å². The number of H-pyrrole nitrogens is 1. The van der Waals surface area contributed by atoms with Gasteiger partial charge >= 0.3 is 12.1 Å². The van der Waals surface area contributed by atoms with Crippen molar-refractivity contribution < 1.29 is 24.2 Å². The number of anilines is 1. The van der Waals surface area contributed by atoms with Crippen LogP contribution in [-0.2, 0) is 9.53 Å². The smallest absolute Gasteiger partial charge is 0.412 e. The molecule has 3 N–H and O–H groups in total. The van der Waals surface area contributed by atoms with E-state index in [9.17, 15) is 19.5 Å². The van der Waals surface area contributed by atoms with E-state index in [0.717, 1.165) is 22.3 Å². The minimum Gasteiger partial charge on any atom is -0.479 e. The fourth-order valence-corrected chi connectivity index (χ4v) is 5.30. The van der Waals surface area contributed by atoms with Crippen LogP contribution in [0.1, 0.15) is 53.7 Å². The molecule has 1 aromatic heterocycles. The highest BCUT2D eigenvalue weighted by atomic mass is 16.5. The Hall–Kier alpha value is -4.14. The van der Waals surface area contributed by atoms with Crippen LogP contribution in [0, 0.1) is 0 Å². The second-order valence-corrected chi connectivity index (χ2v) is 8.87. The number of likely N-dealkylation sites (tertiary alicyclic amines) is 1. The number of aromatic nitrogens is 2. The molecule has 1 atom stereocenters. The van der Waals surface area contributed by atoms with Crippen molar-refractivity contribution in [3.8, 4) is 11.1 Å². The van der Waals surface area contributed by atoms with Crippen LogP contribution < -0.4 is 5.32 Å². The molecule has 0 spiro atoms. The first-order valence-electron chi connectivity index (χ1n) is 11.7. The molecule has 2 heterocycles. The number of carbonyl (C=O) groups is 3. The average Bonchev–Trinajstić information content (AvgIpc) is 3.59. The molecule has 180 valence electrons. The number of ether oxygens (including phenoxy) is 1. The number of aromatic amines is 1. The van der Waals surface area contributed by atoms with Crippen molar-refractivity contribution in [2.45, 2.75) is 37.6 Å². The number of rotatable bonds is 6. The molecule has 9 nitrogen and oxygen atoms in total. The van der Waals surface area contributed by atoms with Crippen molar-refractivity contribution in [2.24, 2.45) is 0 Å². The zero-order valence-corrected chi connectivity index (χ0v) is 19.3. The molecule has 1 aliphatic carbocycles. The summed E-state index contributed by atoms with van der Waals surface area (Å²) in [6.07, 6.45) is 0.647. The number of hydrogen-bond donors (Lipinski definition) is 3. The van der Waals surface area contributed by atoms with Gasteiger partial charge < -0.3 is 14.7 Å². The summed E-state index contributed by atoms with van der Waals surface area (Å²) in [7, 11) is 0. The van der Waals surface area contributed by atoms with Crippen LogP contribution >= 0.6 is 0 Å². The maximum absolute atomic E-state index is 13.0. The number of fused-ring (bicyclic) bond motifs is 3. The van der Waals surface area contributed by atoms with Crippen molar-refractivity contribution in [1.29, 1.82) is 0 Å². The lowest BCUT2D eigenvalue weighted by molar-refractivity contribution is -0.148. The first-order chi connectivity index (χ1) is 16.9. The molecule has 3 aromatic rings. The number of nitrogens with zero attached hydrogens (tertiary/aromatic N) is 2. The van der Waals surface area contributed by atoms with E-state index < -0.39 is 23.5 Å². The molecule has 1 aliphatic heterocycles. The summed E-state index contributed by atoms with van der Waals surface area (Å²) >= 11 is 0. The highest BCUT2D eigenvalue weighted by Crippen LogP contribution is 2.44. The normalized spacial score (nSPS) is 18.7. The minimum atomic E-state index is -1.22. The zero-order valence-electron chi connectivity index (χ0n) is 19.3. The molecule has 2 aliphatic rings. The summed E-state index contributed by atoms with van der Waals surface area (Å²) in [4.78, 5) is 38.8. The predicted octanol–water partition coefficient (Wildman–Crippen LogP) is 4.24. The molecule has 2 amide bonds. The average molecular weight is 475 g/mol. The third-order valence-electron chi connectivity index (χ3n) is 7.10. The Labute approximate surface area is 202 Å². The summed E-state index contributed by atoms with van der Waals surface area (Å²) < 4.78 is 5.52. The van der Waals surface area contributed by atoms with Crippen LogP contribution in [-0.4, -0.2) is 56.9 Å². The Morgan fingerprint density at radius 1 is 1.14 bits per heavy atom. The van der Waals surface area contributed by atoms with Gasteiger partial charge in [-0.15, -0.1) is 0 Å². The van der Waals surface area contributed by atoms with E-state index in [1.54, 1.807) is 6.92 Å². The molecule has 1 unspecified atom stereocenters. The fourth-order valence-electron chi connectivity index (χ4n) is 5.30. The van der Waals surface area contributed by atoms with Gasteiger partial charge in [-0.1, -0.05) is 55.5 Å². The highest BCUT2D eigenvalue weighted by Gasteiger charge is 2.49. The second-order valence-electron chi connectivity index (χ2n) is 8.87. The molecule has 0 bridgehead atoms. The summed E-state index contributed by atoms with van der Waals surface area (Å²) in [6, 6.07) is 17.5. The lowest BCUT2D eigenvalue weighted by Crippen LogP contribution is -2.52. The van der Waals surface area contributed by atoms with Crippen molar-refractivity contribution >= 4 is 23.8 Å². The van der Waals surface area contributed by atoms with Gasteiger partial charge in [0.25, 0.3) is 5.91 Å². The van der Waals surface area contributed by atoms with Gasteiger partial charge in [0.2, 0.25) is 0 Å². The van der Waals surface area contributed by atoms with Crippen LogP contribution in [0.4, 0.5) is 10.6 Å². The largest absolute Gasteiger partial charge is 0.479 e. The summed E-state index contributed by atoms with van der Waals surface area (Å²) in [5.74, 6) is -1.41. The van der Waals surface area contributed by atoms with E-state index in [0.29, 0.717) is 25.8 Å². The highest BCUT2D eigenvalue weighted by molar-refractivity contribution is 5.98. The number of carbonyl (C=O) groups excluding carboxylic acids is 2. The Balaban J connectivity index is 1.24. The predicted molar refractivity (Wildman–Crippen MR) is 128 cm³/mol. The van der Waals surface area contributed by atoms with Crippen LogP contribution in [0.25, 0.3) is 11.1 Å². The summed E-state index contributed by atoms with van der Waals surface area (Å²) in [6.45, 7) is 2.27. The van der Waals surface area contributed by atoms with Crippen LogP contribution in [0.2, 0.25) is 0 Å². The third kappa shape index (κ3) is 3.82. The first-order valence-corrected chi connectivity index (χ1v) is 11.7. The van der Waals surface area contributed by atoms with E-state index in [-0.39, 0.29) is 24.0 Å². The first kappa shape index (κ1) is 22.6. The topological polar surface area (TPSA) is 125 Å². The molecule has 0 radical (unpaired) electrons. The standard InChI is InChI=1S/C26H26N4O5/c1-2-26(24(32)33)12-7-13-30(26)23(31)21-14-22(29-28-21)27-25(34)35-15-20-18-10-5-3-8-16(18)17-9-4-6-11-19(17)20/h3-6,8-11,14,20H,2,7,12-13,15H2,1H3,(H,32,33)(H2,27,28,29,34). The van der Waals surface area contributed by atoms with Gasteiger partial charge in [0.1, 0.15) is 17.8 Å². The van der Waals surface area contributed by atoms with Gasteiger partial charge in [0, 0.05) is 18.5 Å². The van der Waals surface area contributed by atoms with Gasteiger partial charge in [-0.2, -0.15) is 5.10 Å². The molecular formula is C26H26N4O5. The van der Waals surface area contributed by atoms with Crippen LogP contribution in [0.3, 0.4) is 0 Å². The molecule has 35 heavy (non-hydrogen) atoms. The van der Waals surface area contributed by atoms with Crippen LogP contribution in [0.15, 0.2) is 54.6 Å². The number of carboxylic acids is 1. The van der Waals surface area contributed by atoms with E-state index in [4.69, 9.17) is 4.74 Å². The number of amides is 2. The number of carboxylic acid groups (broad SMARTS) is 1. The summed E-state index contributed by atoms with van der Waals surface area (Å²) in [5.41, 5.74) is 3.39. The molecule has 9 heteroatoms. The third-order valence-corrected chi connectivity index (χ3v) is 7.10.